The molecule has 0 aliphatic rings. The summed E-state index contributed by atoms with van der Waals surface area (Å²) in [7, 11) is 0. The van der Waals surface area contributed by atoms with Gasteiger partial charge in [0.1, 0.15) is 0 Å². The van der Waals surface area contributed by atoms with Crippen LogP contribution in [0.2, 0.25) is 0 Å². The van der Waals surface area contributed by atoms with Crippen LogP contribution in [0.25, 0.3) is 0 Å². The number of aliphatic hydroxyl groups excluding tert-OH is 1. The van der Waals surface area contributed by atoms with E-state index in [4.69, 9.17) is 10.8 Å². The second-order valence-corrected chi connectivity index (χ2v) is 5.00. The van der Waals surface area contributed by atoms with Crippen molar-refractivity contribution in [3.63, 3.8) is 0 Å². The molecule has 1 atom stereocenters. The number of amides is 1. The monoisotopic (exact) mass is 254 g/mol. The summed E-state index contributed by atoms with van der Waals surface area (Å²) in [4.78, 5) is 11.5. The van der Waals surface area contributed by atoms with Gasteiger partial charge in [-0.15, -0.1) is 0 Å². The molecule has 4 nitrogen and oxygen atoms in total. The number of thioether (sulfide) groups is 1. The zero-order chi connectivity index (χ0) is 12.7. The summed E-state index contributed by atoms with van der Waals surface area (Å²) < 4.78 is 0. The summed E-state index contributed by atoms with van der Waals surface area (Å²) in [6, 6.07) is 7.04. The highest BCUT2D eigenvalue weighted by molar-refractivity contribution is 7.99. The molecule has 1 rings (SSSR count). The average molecular weight is 254 g/mol. The van der Waals surface area contributed by atoms with Crippen molar-refractivity contribution >= 4 is 29.0 Å². The van der Waals surface area contributed by atoms with Crippen LogP contribution in [0.4, 0.5) is 11.4 Å². The number of nitrogen functional groups attached to an aromatic ring is 1. The van der Waals surface area contributed by atoms with Crippen molar-refractivity contribution in [1.29, 1.82) is 0 Å². The van der Waals surface area contributed by atoms with Crippen LogP contribution in [0.1, 0.15) is 6.92 Å². The van der Waals surface area contributed by atoms with E-state index in [2.05, 4.69) is 5.32 Å². The summed E-state index contributed by atoms with van der Waals surface area (Å²) in [5.41, 5.74) is 6.97. The van der Waals surface area contributed by atoms with E-state index in [1.807, 2.05) is 6.92 Å². The van der Waals surface area contributed by atoms with E-state index in [0.717, 1.165) is 11.4 Å². The lowest BCUT2D eigenvalue weighted by Gasteiger charge is -2.08. The van der Waals surface area contributed by atoms with Crippen molar-refractivity contribution in [2.45, 2.75) is 6.92 Å². The number of carbonyl (C=O) groups excluding carboxylic acids is 1. The first-order chi connectivity index (χ1) is 8.11. The quantitative estimate of drug-likeness (QED) is 0.674. The number of hydrogen-bond acceptors (Lipinski definition) is 4. The van der Waals surface area contributed by atoms with Crippen LogP contribution in [-0.2, 0) is 4.79 Å². The predicted molar refractivity (Wildman–Crippen MR) is 73.1 cm³/mol. The molecule has 0 fully saturated rings. The van der Waals surface area contributed by atoms with Gasteiger partial charge in [-0.05, 0) is 35.9 Å². The number of nitrogens with one attached hydrogen (secondary N) is 1. The first-order valence-electron chi connectivity index (χ1n) is 5.46. The number of hydrogen-bond donors (Lipinski definition) is 3. The highest BCUT2D eigenvalue weighted by Gasteiger charge is 2.05. The largest absolute Gasteiger partial charge is 0.399 e. The van der Waals surface area contributed by atoms with Crippen LogP contribution in [0, 0.1) is 5.92 Å². The average Bonchev–Trinajstić information content (AvgIpc) is 2.32. The number of benzene rings is 1. The number of carbonyl (C=O) groups is 1. The van der Waals surface area contributed by atoms with E-state index in [1.165, 1.54) is 11.8 Å². The van der Waals surface area contributed by atoms with Crippen molar-refractivity contribution in [3.05, 3.63) is 24.3 Å². The Labute approximate surface area is 106 Å². The Bertz CT molecular complexity index is 354. The highest BCUT2D eigenvalue weighted by atomic mass is 32.2. The number of rotatable bonds is 6. The minimum absolute atomic E-state index is 0.0371. The molecule has 0 spiro atoms. The van der Waals surface area contributed by atoms with Crippen LogP contribution < -0.4 is 11.1 Å². The fourth-order valence-corrected chi connectivity index (χ4v) is 2.05. The van der Waals surface area contributed by atoms with Gasteiger partial charge in [-0.25, -0.2) is 0 Å². The standard InChI is InChI=1S/C12H18N2O2S/c1-9(6-15)7-17-8-12(16)14-11-4-2-10(13)3-5-11/h2-5,9,15H,6-8,13H2,1H3,(H,14,16). The van der Waals surface area contributed by atoms with Crippen molar-refractivity contribution < 1.29 is 9.90 Å². The minimum atomic E-state index is -0.0371. The zero-order valence-electron chi connectivity index (χ0n) is 9.85. The van der Waals surface area contributed by atoms with Crippen LogP contribution in [-0.4, -0.2) is 29.1 Å². The molecular formula is C12H18N2O2S. The van der Waals surface area contributed by atoms with E-state index in [1.54, 1.807) is 24.3 Å². The maximum atomic E-state index is 11.5. The summed E-state index contributed by atoms with van der Waals surface area (Å²) in [6.45, 7) is 2.11. The van der Waals surface area contributed by atoms with Gasteiger partial charge in [-0.2, -0.15) is 11.8 Å². The molecule has 0 aliphatic heterocycles. The van der Waals surface area contributed by atoms with Gasteiger partial charge in [0.2, 0.25) is 5.91 Å². The molecule has 0 aliphatic carbocycles. The molecular weight excluding hydrogens is 236 g/mol. The lowest BCUT2D eigenvalue weighted by Crippen LogP contribution is -2.15. The molecule has 1 amide bonds. The van der Waals surface area contributed by atoms with Crippen LogP contribution in [0.15, 0.2) is 24.3 Å². The van der Waals surface area contributed by atoms with Crippen LogP contribution in [0.3, 0.4) is 0 Å². The van der Waals surface area contributed by atoms with E-state index < -0.39 is 0 Å². The maximum absolute atomic E-state index is 11.5. The first-order valence-corrected chi connectivity index (χ1v) is 6.61. The predicted octanol–water partition coefficient (Wildman–Crippen LogP) is 1.57. The van der Waals surface area contributed by atoms with Gasteiger partial charge < -0.3 is 16.2 Å². The molecule has 17 heavy (non-hydrogen) atoms. The third kappa shape index (κ3) is 5.60. The number of nitrogens with two attached hydrogens (primary N) is 1. The lowest BCUT2D eigenvalue weighted by molar-refractivity contribution is -0.113. The van der Waals surface area contributed by atoms with E-state index in [-0.39, 0.29) is 18.4 Å². The van der Waals surface area contributed by atoms with Gasteiger partial charge in [0.25, 0.3) is 0 Å². The Hall–Kier alpha value is -1.20. The molecule has 5 heteroatoms. The Morgan fingerprint density at radius 2 is 2.12 bits per heavy atom. The van der Waals surface area contributed by atoms with Gasteiger partial charge in [-0.1, -0.05) is 6.92 Å². The molecule has 0 saturated heterocycles. The molecule has 1 aromatic rings. The third-order valence-corrected chi connectivity index (χ3v) is 3.41. The topological polar surface area (TPSA) is 75.3 Å². The number of anilines is 2. The number of aliphatic hydroxyl groups is 1. The van der Waals surface area contributed by atoms with E-state index in [0.29, 0.717) is 11.4 Å². The normalized spacial score (nSPS) is 12.1. The summed E-state index contributed by atoms with van der Waals surface area (Å²) in [5, 5.41) is 11.6. The van der Waals surface area contributed by atoms with Crippen molar-refractivity contribution in [3.8, 4) is 0 Å². The first kappa shape index (κ1) is 13.9. The summed E-state index contributed by atoms with van der Waals surface area (Å²) in [5.74, 6) is 1.37. The Kier molecular flexibility index (Phi) is 5.86. The molecule has 0 heterocycles. The summed E-state index contributed by atoms with van der Waals surface area (Å²) in [6.07, 6.45) is 0. The van der Waals surface area contributed by atoms with Crippen LogP contribution in [0.5, 0.6) is 0 Å². The van der Waals surface area contributed by atoms with E-state index >= 15 is 0 Å². The summed E-state index contributed by atoms with van der Waals surface area (Å²) >= 11 is 1.52. The second kappa shape index (κ2) is 7.19. The molecule has 94 valence electrons. The van der Waals surface area contributed by atoms with Crippen molar-refractivity contribution in [1.82, 2.24) is 0 Å². The Morgan fingerprint density at radius 3 is 2.71 bits per heavy atom. The molecule has 1 aromatic carbocycles. The lowest BCUT2D eigenvalue weighted by atomic mass is 10.2. The van der Waals surface area contributed by atoms with Gasteiger partial charge in [0.15, 0.2) is 0 Å². The second-order valence-electron chi connectivity index (χ2n) is 3.97. The Morgan fingerprint density at radius 1 is 1.47 bits per heavy atom. The Balaban J connectivity index is 2.27. The fourth-order valence-electron chi connectivity index (χ4n) is 1.17. The fraction of sp³-hybridized carbons (Fsp3) is 0.417. The highest BCUT2D eigenvalue weighted by Crippen LogP contribution is 2.12. The van der Waals surface area contributed by atoms with E-state index in [9.17, 15) is 4.79 Å². The SMILES string of the molecule is CC(CO)CSCC(=O)Nc1ccc(N)cc1. The third-order valence-electron chi connectivity index (χ3n) is 2.14. The molecule has 0 bridgehead atoms. The van der Waals surface area contributed by atoms with Gasteiger partial charge in [0, 0.05) is 18.0 Å². The maximum Gasteiger partial charge on any atom is 0.234 e. The molecule has 4 N–H and O–H groups in total. The minimum Gasteiger partial charge on any atom is -0.399 e. The van der Waals surface area contributed by atoms with Gasteiger partial charge in [-0.3, -0.25) is 4.79 Å². The van der Waals surface area contributed by atoms with Crippen molar-refractivity contribution in [2.24, 2.45) is 5.92 Å². The molecule has 0 radical (unpaired) electrons. The van der Waals surface area contributed by atoms with Crippen molar-refractivity contribution in [2.75, 3.05) is 29.2 Å². The molecule has 1 unspecified atom stereocenters. The molecule has 0 aromatic heterocycles. The molecule has 0 saturated carbocycles. The van der Waals surface area contributed by atoms with Gasteiger partial charge in [0.05, 0.1) is 5.75 Å². The zero-order valence-corrected chi connectivity index (χ0v) is 10.7. The van der Waals surface area contributed by atoms with Crippen LogP contribution >= 0.6 is 11.8 Å². The van der Waals surface area contributed by atoms with Gasteiger partial charge >= 0.3 is 0 Å². The smallest absolute Gasteiger partial charge is 0.234 e.